The number of Topliss-reactive ketones (excluding diaryl/α,β-unsaturated/α-hetero) is 1. The monoisotopic (exact) mass is 682 g/mol. The first-order valence-corrected chi connectivity index (χ1v) is 17.3. The van der Waals surface area contributed by atoms with E-state index in [1.165, 1.54) is 12.1 Å². The number of carbonyl (C=O) groups is 3. The van der Waals surface area contributed by atoms with E-state index in [-0.39, 0.29) is 52.6 Å². The molecule has 3 fully saturated rings. The van der Waals surface area contributed by atoms with Gasteiger partial charge >= 0.3 is 5.97 Å². The summed E-state index contributed by atoms with van der Waals surface area (Å²) in [6, 6.07) is 10.1. The summed E-state index contributed by atoms with van der Waals surface area (Å²) < 4.78 is 35.4. The number of ketones is 1. The number of carbonyl (C=O) groups excluding carboxylic acids is 3. The van der Waals surface area contributed by atoms with Gasteiger partial charge < -0.3 is 24.1 Å². The van der Waals surface area contributed by atoms with E-state index in [1.54, 1.807) is 20.2 Å². The number of methoxy groups -OCH3 is 1. The van der Waals surface area contributed by atoms with Crippen LogP contribution in [0.4, 0.5) is 10.1 Å². The van der Waals surface area contributed by atoms with Crippen molar-refractivity contribution < 1.29 is 33.0 Å². The van der Waals surface area contributed by atoms with Gasteiger partial charge in [-0.05, 0) is 69.2 Å². The molecule has 0 spiro atoms. The predicted octanol–water partition coefficient (Wildman–Crippen LogP) is 5.55. The number of rotatable bonds is 12. The van der Waals surface area contributed by atoms with Gasteiger partial charge in [0.05, 0.1) is 41.0 Å². The summed E-state index contributed by atoms with van der Waals surface area (Å²) in [5.74, 6) is -3.13. The molecule has 1 atom stereocenters. The van der Waals surface area contributed by atoms with Gasteiger partial charge in [0.25, 0.3) is 5.91 Å². The number of hydrogen-bond donors (Lipinski definition) is 1. The highest BCUT2D eigenvalue weighted by Crippen LogP contribution is 2.39. The van der Waals surface area contributed by atoms with Crippen molar-refractivity contribution in [1.82, 2.24) is 14.4 Å². The second-order valence-corrected chi connectivity index (χ2v) is 13.5. The van der Waals surface area contributed by atoms with Gasteiger partial charge in [0.15, 0.2) is 5.78 Å². The Hall–Kier alpha value is -3.35. The Labute approximate surface area is 285 Å². The SMILES string of the molecule is CCOC(=O)[C@H]1CC[C@H](OC(C(=O)Cc2cc(Cl)c(NC(=O)c3cn(C)c4ccccc34)cc2F)(N2CCCC2)N2CC(OC)C2)CC1. The summed E-state index contributed by atoms with van der Waals surface area (Å²) in [6.07, 6.45) is 5.45. The Morgan fingerprint density at radius 2 is 1.73 bits per heavy atom. The molecule has 1 aliphatic carbocycles. The van der Waals surface area contributed by atoms with Crippen LogP contribution in [0.2, 0.25) is 5.02 Å². The second-order valence-electron chi connectivity index (χ2n) is 13.1. The molecule has 1 unspecified atom stereocenters. The van der Waals surface area contributed by atoms with Crippen molar-refractivity contribution in [3.05, 3.63) is 64.6 Å². The highest BCUT2D eigenvalue weighted by Gasteiger charge is 2.56. The quantitative estimate of drug-likeness (QED) is 0.248. The molecule has 1 amide bonds. The lowest BCUT2D eigenvalue weighted by atomic mass is 9.87. The van der Waals surface area contributed by atoms with Crippen molar-refractivity contribution in [1.29, 1.82) is 0 Å². The zero-order valence-electron chi connectivity index (χ0n) is 27.8. The van der Waals surface area contributed by atoms with Gasteiger partial charge in [0, 0.05) is 63.9 Å². The first kappa shape index (κ1) is 34.5. The number of benzene rings is 2. The highest BCUT2D eigenvalue weighted by molar-refractivity contribution is 6.34. The van der Waals surface area contributed by atoms with Crippen LogP contribution < -0.4 is 5.32 Å². The van der Waals surface area contributed by atoms with Crippen molar-refractivity contribution in [2.45, 2.75) is 69.9 Å². The number of aryl methyl sites for hydroxylation is 1. The number of amides is 1. The molecule has 0 radical (unpaired) electrons. The van der Waals surface area contributed by atoms with E-state index in [1.807, 2.05) is 40.8 Å². The van der Waals surface area contributed by atoms with Gasteiger partial charge in [-0.1, -0.05) is 29.8 Å². The van der Waals surface area contributed by atoms with Crippen LogP contribution in [0.3, 0.4) is 0 Å². The van der Waals surface area contributed by atoms with Gasteiger partial charge in [-0.15, -0.1) is 0 Å². The molecule has 2 saturated heterocycles. The van der Waals surface area contributed by atoms with Crippen LogP contribution in [0.15, 0.2) is 42.6 Å². The van der Waals surface area contributed by atoms with E-state index in [0.29, 0.717) is 64.0 Å². The smallest absolute Gasteiger partial charge is 0.308 e. The van der Waals surface area contributed by atoms with Gasteiger partial charge in [-0.25, -0.2) is 4.39 Å². The number of nitrogens with one attached hydrogen (secondary N) is 1. The third-order valence-corrected chi connectivity index (χ3v) is 10.3. The van der Waals surface area contributed by atoms with E-state index in [0.717, 1.165) is 23.7 Å². The molecule has 3 aromatic rings. The largest absolute Gasteiger partial charge is 0.466 e. The first-order chi connectivity index (χ1) is 23.1. The number of para-hydroxylation sites is 1. The fraction of sp³-hybridized carbons (Fsp3) is 0.528. The fourth-order valence-electron chi connectivity index (χ4n) is 7.35. The van der Waals surface area contributed by atoms with Crippen LogP contribution in [0.5, 0.6) is 0 Å². The lowest BCUT2D eigenvalue weighted by Gasteiger charge is -2.55. The Bertz CT molecular complexity index is 1660. The number of likely N-dealkylation sites (tertiary alicyclic amines) is 2. The van der Waals surface area contributed by atoms with Crippen LogP contribution >= 0.6 is 11.6 Å². The summed E-state index contributed by atoms with van der Waals surface area (Å²) in [6.45, 7) is 4.48. The predicted molar refractivity (Wildman–Crippen MR) is 180 cm³/mol. The lowest BCUT2D eigenvalue weighted by Crippen LogP contribution is -2.74. The molecule has 10 nitrogen and oxygen atoms in total. The topological polar surface area (TPSA) is 102 Å². The Morgan fingerprint density at radius 3 is 2.42 bits per heavy atom. The number of fused-ring (bicyclic) bond motifs is 1. The first-order valence-electron chi connectivity index (χ1n) is 16.9. The summed E-state index contributed by atoms with van der Waals surface area (Å²) in [7, 11) is 3.50. The molecule has 2 aromatic carbocycles. The zero-order chi connectivity index (χ0) is 34.0. The highest BCUT2D eigenvalue weighted by atomic mass is 35.5. The maximum absolute atomic E-state index is 15.8. The second kappa shape index (κ2) is 14.6. The van der Waals surface area contributed by atoms with Crippen LogP contribution in [-0.2, 0) is 37.3 Å². The maximum atomic E-state index is 15.8. The molecule has 48 heavy (non-hydrogen) atoms. The number of esters is 1. The van der Waals surface area contributed by atoms with Gasteiger partial charge in [-0.3, -0.25) is 24.2 Å². The van der Waals surface area contributed by atoms with Crippen molar-refractivity contribution in [2.75, 3.05) is 45.2 Å². The summed E-state index contributed by atoms with van der Waals surface area (Å²) in [5, 5.41) is 3.65. The molecule has 2 aliphatic heterocycles. The molecule has 3 aliphatic rings. The van der Waals surface area contributed by atoms with Gasteiger partial charge in [0.2, 0.25) is 5.85 Å². The third-order valence-electron chi connectivity index (χ3n) is 10.0. The van der Waals surface area contributed by atoms with E-state index in [4.69, 9.17) is 25.8 Å². The standard InChI is InChI=1S/C36H44ClFN4O6/c1-4-47-35(45)23-11-13-25(14-12-23)48-36(41-15-7-8-16-41,42-20-26(21-42)46-3)33(43)18-24-17-29(37)31(19-30(24)38)39-34(44)28-22-40(2)32-10-6-5-9-27(28)32/h5-6,9-10,17,19,22-23,25-26H,4,7-8,11-16,18,20-21H2,1-3H3,(H,39,44)/t23-,25-,36?. The van der Waals surface area contributed by atoms with Crippen LogP contribution in [0, 0.1) is 11.7 Å². The van der Waals surface area contributed by atoms with Crippen molar-refractivity contribution >= 4 is 45.9 Å². The summed E-state index contributed by atoms with van der Waals surface area (Å²) >= 11 is 6.63. The zero-order valence-corrected chi connectivity index (χ0v) is 28.6. The molecular weight excluding hydrogens is 639 g/mol. The van der Waals surface area contributed by atoms with Crippen LogP contribution in [0.1, 0.15) is 61.4 Å². The Balaban J connectivity index is 1.24. The molecular formula is C36H44ClFN4O6. The van der Waals surface area contributed by atoms with Crippen molar-refractivity contribution in [3.63, 3.8) is 0 Å². The average Bonchev–Trinajstić information content (AvgIpc) is 3.72. The number of anilines is 1. The van der Waals surface area contributed by atoms with Gasteiger partial charge in [-0.2, -0.15) is 0 Å². The average molecular weight is 683 g/mol. The summed E-state index contributed by atoms with van der Waals surface area (Å²) in [4.78, 5) is 44.4. The number of ether oxygens (including phenoxy) is 3. The van der Waals surface area contributed by atoms with E-state index in [9.17, 15) is 14.4 Å². The van der Waals surface area contributed by atoms with Crippen LogP contribution in [-0.4, -0.2) is 90.0 Å². The summed E-state index contributed by atoms with van der Waals surface area (Å²) in [5.41, 5.74) is 1.57. The molecule has 3 heterocycles. The Morgan fingerprint density at radius 1 is 1.02 bits per heavy atom. The lowest BCUT2D eigenvalue weighted by molar-refractivity contribution is -0.282. The third kappa shape index (κ3) is 6.76. The number of aromatic nitrogens is 1. The van der Waals surface area contributed by atoms with E-state index >= 15 is 4.39 Å². The number of hydrogen-bond acceptors (Lipinski definition) is 8. The minimum atomic E-state index is -1.41. The fourth-order valence-corrected chi connectivity index (χ4v) is 7.58. The minimum Gasteiger partial charge on any atom is -0.466 e. The number of nitrogens with zero attached hydrogens (tertiary/aromatic N) is 3. The molecule has 1 N–H and O–H groups in total. The van der Waals surface area contributed by atoms with Crippen LogP contribution in [0.25, 0.3) is 10.9 Å². The van der Waals surface area contributed by atoms with E-state index in [2.05, 4.69) is 10.2 Å². The van der Waals surface area contributed by atoms with E-state index < -0.39 is 17.6 Å². The molecule has 0 bridgehead atoms. The molecule has 1 saturated carbocycles. The maximum Gasteiger partial charge on any atom is 0.308 e. The Kier molecular flexibility index (Phi) is 10.5. The minimum absolute atomic E-state index is 0.0428. The normalized spacial score (nSPS) is 21.9. The van der Waals surface area contributed by atoms with Gasteiger partial charge in [0.1, 0.15) is 5.82 Å². The number of halogens is 2. The molecule has 1 aromatic heterocycles. The molecule has 6 rings (SSSR count). The van der Waals surface area contributed by atoms with Crippen molar-refractivity contribution in [3.8, 4) is 0 Å². The molecule has 258 valence electrons. The molecule has 12 heteroatoms. The van der Waals surface area contributed by atoms with Crippen molar-refractivity contribution in [2.24, 2.45) is 13.0 Å².